The van der Waals surface area contributed by atoms with E-state index in [0.29, 0.717) is 6.54 Å². The molecule has 0 amide bonds. The fourth-order valence-electron chi connectivity index (χ4n) is 2.13. The highest BCUT2D eigenvalue weighted by Crippen LogP contribution is 2.25. The van der Waals surface area contributed by atoms with Crippen LogP contribution in [-0.2, 0) is 6.54 Å². The molecule has 0 radical (unpaired) electrons. The fourth-order valence-corrected chi connectivity index (χ4v) is 2.88. The van der Waals surface area contributed by atoms with E-state index < -0.39 is 0 Å². The van der Waals surface area contributed by atoms with Crippen molar-refractivity contribution in [1.29, 1.82) is 0 Å². The largest absolute Gasteiger partial charge is 0.313 e. The Morgan fingerprint density at radius 3 is 2.68 bits per heavy atom. The van der Waals surface area contributed by atoms with E-state index in [-0.39, 0.29) is 11.6 Å². The van der Waals surface area contributed by atoms with Gasteiger partial charge in [-0.2, -0.15) is 0 Å². The Labute approximate surface area is 117 Å². The molecule has 2 aromatic heterocycles. The predicted molar refractivity (Wildman–Crippen MR) is 81.8 cm³/mol. The third-order valence-electron chi connectivity index (χ3n) is 3.05. The van der Waals surface area contributed by atoms with Gasteiger partial charge in [0, 0.05) is 18.2 Å². The first kappa shape index (κ1) is 14.0. The standard InChI is InChI=1S/C15H20N2OS/c1-4-16-10-12-7-8-13(14-6-5-9-19-14)17(11(2)3)15(12)18/h5-9,11,16H,4,10H2,1-3H3. The molecule has 102 valence electrons. The van der Waals surface area contributed by atoms with Crippen LogP contribution in [0.1, 0.15) is 32.4 Å². The second-order valence-electron chi connectivity index (χ2n) is 4.77. The maximum Gasteiger partial charge on any atom is 0.255 e. The molecule has 3 nitrogen and oxygen atoms in total. The van der Waals surface area contributed by atoms with Crippen molar-refractivity contribution in [3.05, 3.63) is 45.6 Å². The Morgan fingerprint density at radius 1 is 1.32 bits per heavy atom. The molecule has 0 saturated carbocycles. The van der Waals surface area contributed by atoms with E-state index in [2.05, 4.69) is 31.3 Å². The molecule has 0 bridgehead atoms. The van der Waals surface area contributed by atoms with Crippen LogP contribution in [0.25, 0.3) is 10.6 Å². The number of aromatic nitrogens is 1. The highest BCUT2D eigenvalue weighted by Gasteiger charge is 2.13. The maximum atomic E-state index is 12.6. The first-order chi connectivity index (χ1) is 9.15. The van der Waals surface area contributed by atoms with Crippen LogP contribution in [0, 0.1) is 0 Å². The van der Waals surface area contributed by atoms with Gasteiger partial charge in [0.25, 0.3) is 5.56 Å². The molecule has 19 heavy (non-hydrogen) atoms. The van der Waals surface area contributed by atoms with E-state index in [9.17, 15) is 4.79 Å². The molecule has 0 aliphatic carbocycles. The fraction of sp³-hybridized carbons (Fsp3) is 0.400. The van der Waals surface area contributed by atoms with Gasteiger partial charge in [-0.1, -0.05) is 19.1 Å². The number of thiophene rings is 1. The van der Waals surface area contributed by atoms with Gasteiger partial charge in [0.2, 0.25) is 0 Å². The summed E-state index contributed by atoms with van der Waals surface area (Å²) in [5, 5.41) is 5.25. The molecule has 2 aromatic rings. The van der Waals surface area contributed by atoms with Gasteiger partial charge < -0.3 is 9.88 Å². The lowest BCUT2D eigenvalue weighted by atomic mass is 10.2. The van der Waals surface area contributed by atoms with Crippen LogP contribution < -0.4 is 10.9 Å². The van der Waals surface area contributed by atoms with Crippen LogP contribution in [0.15, 0.2) is 34.4 Å². The summed E-state index contributed by atoms with van der Waals surface area (Å²) in [5.74, 6) is 0. The summed E-state index contributed by atoms with van der Waals surface area (Å²) in [6, 6.07) is 8.23. The van der Waals surface area contributed by atoms with Crippen molar-refractivity contribution in [3.8, 4) is 10.6 Å². The van der Waals surface area contributed by atoms with Crippen LogP contribution in [0.4, 0.5) is 0 Å². The van der Waals surface area contributed by atoms with E-state index in [0.717, 1.165) is 22.7 Å². The minimum absolute atomic E-state index is 0.113. The molecule has 0 atom stereocenters. The van der Waals surface area contributed by atoms with Gasteiger partial charge in [-0.25, -0.2) is 0 Å². The van der Waals surface area contributed by atoms with Gasteiger partial charge in [-0.15, -0.1) is 11.3 Å². The number of hydrogen-bond acceptors (Lipinski definition) is 3. The van der Waals surface area contributed by atoms with Gasteiger partial charge in [-0.05, 0) is 37.9 Å². The third-order valence-corrected chi connectivity index (χ3v) is 3.94. The molecule has 0 spiro atoms. The second-order valence-corrected chi connectivity index (χ2v) is 5.72. The molecule has 0 aromatic carbocycles. The van der Waals surface area contributed by atoms with E-state index in [4.69, 9.17) is 0 Å². The van der Waals surface area contributed by atoms with Crippen molar-refractivity contribution in [2.75, 3.05) is 6.54 Å². The minimum atomic E-state index is 0.113. The van der Waals surface area contributed by atoms with Crippen LogP contribution >= 0.6 is 11.3 Å². The average Bonchev–Trinajstić information content (AvgIpc) is 2.90. The lowest BCUT2D eigenvalue weighted by Crippen LogP contribution is -2.29. The van der Waals surface area contributed by atoms with Gasteiger partial charge in [0.15, 0.2) is 0 Å². The number of nitrogens with zero attached hydrogens (tertiary/aromatic N) is 1. The Morgan fingerprint density at radius 2 is 2.11 bits per heavy atom. The molecule has 0 unspecified atom stereocenters. The lowest BCUT2D eigenvalue weighted by Gasteiger charge is -2.17. The molecule has 1 N–H and O–H groups in total. The van der Waals surface area contributed by atoms with Crippen molar-refractivity contribution in [1.82, 2.24) is 9.88 Å². The Bertz CT molecular complexity index is 585. The summed E-state index contributed by atoms with van der Waals surface area (Å²) in [6.07, 6.45) is 0. The number of pyridine rings is 1. The first-order valence-corrected chi connectivity index (χ1v) is 7.52. The van der Waals surface area contributed by atoms with Crippen LogP contribution in [0.2, 0.25) is 0 Å². The molecule has 0 fully saturated rings. The van der Waals surface area contributed by atoms with Crippen molar-refractivity contribution in [2.24, 2.45) is 0 Å². The van der Waals surface area contributed by atoms with E-state index in [1.165, 1.54) is 0 Å². The molecule has 0 saturated heterocycles. The normalized spacial score (nSPS) is 11.2. The topological polar surface area (TPSA) is 34.0 Å². The monoisotopic (exact) mass is 276 g/mol. The van der Waals surface area contributed by atoms with Crippen molar-refractivity contribution < 1.29 is 0 Å². The smallest absolute Gasteiger partial charge is 0.255 e. The van der Waals surface area contributed by atoms with Crippen LogP contribution in [0.3, 0.4) is 0 Å². The average molecular weight is 276 g/mol. The van der Waals surface area contributed by atoms with Crippen LogP contribution in [0.5, 0.6) is 0 Å². The number of nitrogens with one attached hydrogen (secondary N) is 1. The molecule has 2 rings (SSSR count). The zero-order valence-corrected chi connectivity index (χ0v) is 12.5. The van der Waals surface area contributed by atoms with Crippen molar-refractivity contribution >= 4 is 11.3 Å². The number of hydrogen-bond donors (Lipinski definition) is 1. The Kier molecular flexibility index (Phi) is 4.56. The summed E-state index contributed by atoms with van der Waals surface area (Å²) in [5.41, 5.74) is 1.95. The summed E-state index contributed by atoms with van der Waals surface area (Å²) < 4.78 is 1.89. The minimum Gasteiger partial charge on any atom is -0.313 e. The predicted octanol–water partition coefficient (Wildman–Crippen LogP) is 3.27. The van der Waals surface area contributed by atoms with Gasteiger partial charge >= 0.3 is 0 Å². The molecule has 0 aliphatic heterocycles. The maximum absolute atomic E-state index is 12.6. The summed E-state index contributed by atoms with van der Waals surface area (Å²) in [7, 11) is 0. The molecular formula is C15H20N2OS. The summed E-state index contributed by atoms with van der Waals surface area (Å²) in [4.78, 5) is 13.7. The highest BCUT2D eigenvalue weighted by molar-refractivity contribution is 7.13. The van der Waals surface area contributed by atoms with Crippen molar-refractivity contribution in [3.63, 3.8) is 0 Å². The third kappa shape index (κ3) is 2.96. The molecule has 0 aliphatic rings. The van der Waals surface area contributed by atoms with E-state index in [1.54, 1.807) is 11.3 Å². The summed E-state index contributed by atoms with van der Waals surface area (Å²) >= 11 is 1.66. The first-order valence-electron chi connectivity index (χ1n) is 6.64. The van der Waals surface area contributed by atoms with Crippen molar-refractivity contribution in [2.45, 2.75) is 33.4 Å². The molecule has 4 heteroatoms. The number of rotatable bonds is 5. The van der Waals surface area contributed by atoms with Gasteiger partial charge in [-0.3, -0.25) is 4.79 Å². The van der Waals surface area contributed by atoms with E-state index >= 15 is 0 Å². The van der Waals surface area contributed by atoms with Gasteiger partial charge in [0.05, 0.1) is 10.6 Å². The lowest BCUT2D eigenvalue weighted by molar-refractivity contribution is 0.575. The highest BCUT2D eigenvalue weighted by atomic mass is 32.1. The Hall–Kier alpha value is -1.39. The van der Waals surface area contributed by atoms with Gasteiger partial charge in [0.1, 0.15) is 0 Å². The quantitative estimate of drug-likeness (QED) is 0.909. The zero-order valence-electron chi connectivity index (χ0n) is 11.6. The molecule has 2 heterocycles. The Balaban J connectivity index is 2.52. The summed E-state index contributed by atoms with van der Waals surface area (Å²) in [6.45, 7) is 7.65. The van der Waals surface area contributed by atoms with E-state index in [1.807, 2.05) is 29.0 Å². The SMILES string of the molecule is CCNCc1ccc(-c2cccs2)n(C(C)C)c1=O. The molecular weight excluding hydrogens is 256 g/mol. The zero-order chi connectivity index (χ0) is 13.8. The van der Waals surface area contributed by atoms with Crippen LogP contribution in [-0.4, -0.2) is 11.1 Å². The second kappa shape index (κ2) is 6.17.